The van der Waals surface area contributed by atoms with Crippen LogP contribution >= 0.6 is 0 Å². The summed E-state index contributed by atoms with van der Waals surface area (Å²) in [6.07, 6.45) is 8.59. The lowest BCUT2D eigenvalue weighted by atomic mass is 10.2. The molecule has 178 valence electrons. The Morgan fingerprint density at radius 1 is 0.750 bits per heavy atom. The summed E-state index contributed by atoms with van der Waals surface area (Å²) in [5.41, 5.74) is 0.809. The zero-order valence-corrected chi connectivity index (χ0v) is 20.0. The molecule has 0 unspecified atom stereocenters. The van der Waals surface area contributed by atoms with E-state index in [-0.39, 0.29) is 6.01 Å². The Hall–Kier alpha value is -2.38. The molecule has 1 heterocycles. The van der Waals surface area contributed by atoms with Gasteiger partial charge < -0.3 is 23.7 Å². The maximum absolute atomic E-state index is 6.16. The first-order valence-corrected chi connectivity index (χ1v) is 11.7. The number of nitrogens with zero attached hydrogens (tertiary/aromatic N) is 2. The first kappa shape index (κ1) is 25.9. The van der Waals surface area contributed by atoms with Crippen LogP contribution in [0.25, 0.3) is 0 Å². The molecule has 0 radical (unpaired) electrons. The Labute approximate surface area is 192 Å². The van der Waals surface area contributed by atoms with Gasteiger partial charge in [-0.15, -0.1) is 0 Å². The number of aromatic nitrogens is 2. The Kier molecular flexibility index (Phi) is 12.5. The van der Waals surface area contributed by atoms with Crippen LogP contribution in [0.5, 0.6) is 23.5 Å². The van der Waals surface area contributed by atoms with Crippen molar-refractivity contribution in [3.8, 4) is 23.5 Å². The molecule has 0 atom stereocenters. The van der Waals surface area contributed by atoms with Crippen molar-refractivity contribution in [3.05, 3.63) is 35.9 Å². The van der Waals surface area contributed by atoms with Crippen molar-refractivity contribution in [2.24, 2.45) is 0 Å². The second kappa shape index (κ2) is 15.4. The molecule has 0 aliphatic rings. The number of benzene rings is 1. The molecule has 2 aromatic rings. The molecule has 7 heteroatoms. The quantitative estimate of drug-likeness (QED) is 0.203. The van der Waals surface area contributed by atoms with Gasteiger partial charge in [0.15, 0.2) is 6.29 Å². The van der Waals surface area contributed by atoms with Crippen molar-refractivity contribution >= 4 is 0 Å². The molecule has 0 aliphatic carbocycles. The van der Waals surface area contributed by atoms with Crippen molar-refractivity contribution in [1.82, 2.24) is 9.97 Å². The molecule has 0 aliphatic heterocycles. The van der Waals surface area contributed by atoms with E-state index in [1.54, 1.807) is 6.07 Å². The van der Waals surface area contributed by atoms with Crippen LogP contribution < -0.4 is 14.2 Å². The fraction of sp³-hybridized carbons (Fsp3) is 0.600. The summed E-state index contributed by atoms with van der Waals surface area (Å²) in [6, 6.07) is 9.39. The normalized spacial score (nSPS) is 11.0. The zero-order chi connectivity index (χ0) is 23.0. The minimum Gasteiger partial charge on any atom is -0.481 e. The molecule has 0 spiro atoms. The molecule has 0 fully saturated rings. The highest BCUT2D eigenvalue weighted by atomic mass is 16.7. The van der Waals surface area contributed by atoms with E-state index in [1.807, 2.05) is 24.3 Å². The van der Waals surface area contributed by atoms with E-state index in [0.717, 1.165) is 31.2 Å². The van der Waals surface area contributed by atoms with Crippen molar-refractivity contribution in [2.75, 3.05) is 27.4 Å². The third-order valence-electron chi connectivity index (χ3n) is 4.99. The van der Waals surface area contributed by atoms with Crippen LogP contribution in [0.2, 0.25) is 0 Å². The van der Waals surface area contributed by atoms with Gasteiger partial charge in [0, 0.05) is 0 Å². The average molecular weight is 447 g/mol. The van der Waals surface area contributed by atoms with Crippen LogP contribution in [0.1, 0.15) is 77.1 Å². The van der Waals surface area contributed by atoms with E-state index < -0.39 is 6.29 Å². The van der Waals surface area contributed by atoms with E-state index in [1.165, 1.54) is 39.9 Å². The van der Waals surface area contributed by atoms with Gasteiger partial charge >= 0.3 is 6.01 Å². The third-order valence-corrected chi connectivity index (χ3v) is 4.99. The summed E-state index contributed by atoms with van der Waals surface area (Å²) < 4.78 is 28.8. The van der Waals surface area contributed by atoms with Crippen LogP contribution in [-0.4, -0.2) is 37.4 Å². The van der Waals surface area contributed by atoms with Gasteiger partial charge in [-0.2, -0.15) is 9.97 Å². The van der Waals surface area contributed by atoms with Gasteiger partial charge in [0.05, 0.1) is 39.1 Å². The molecule has 0 bridgehead atoms. The Morgan fingerprint density at radius 2 is 1.31 bits per heavy atom. The number of rotatable bonds is 17. The Morgan fingerprint density at radius 3 is 1.84 bits per heavy atom. The van der Waals surface area contributed by atoms with Crippen molar-refractivity contribution < 1.29 is 23.7 Å². The summed E-state index contributed by atoms with van der Waals surface area (Å²) >= 11 is 0. The summed E-state index contributed by atoms with van der Waals surface area (Å²) in [6.45, 7) is 5.67. The number of ether oxygens (including phenoxy) is 5. The van der Waals surface area contributed by atoms with Gasteiger partial charge in [0.2, 0.25) is 11.8 Å². The maximum atomic E-state index is 6.16. The zero-order valence-electron chi connectivity index (χ0n) is 20.0. The van der Waals surface area contributed by atoms with Crippen LogP contribution in [0, 0.1) is 0 Å². The summed E-state index contributed by atoms with van der Waals surface area (Å²) in [5.74, 6) is 1.30. The monoisotopic (exact) mass is 446 g/mol. The topological polar surface area (TPSA) is 71.9 Å². The fourth-order valence-electron chi connectivity index (χ4n) is 3.17. The molecule has 0 saturated heterocycles. The van der Waals surface area contributed by atoms with Gasteiger partial charge in [-0.1, -0.05) is 70.6 Å². The molecular formula is C25H38N2O5. The molecule has 7 nitrogen and oxygen atoms in total. The van der Waals surface area contributed by atoms with Gasteiger partial charge in [0.25, 0.3) is 0 Å². The predicted octanol–water partition coefficient (Wildman–Crippen LogP) is 6.48. The second-order valence-electron chi connectivity index (χ2n) is 7.57. The van der Waals surface area contributed by atoms with Crippen LogP contribution in [0.3, 0.4) is 0 Å². The van der Waals surface area contributed by atoms with Crippen molar-refractivity contribution in [3.63, 3.8) is 0 Å². The molecule has 1 aromatic carbocycles. The predicted molar refractivity (Wildman–Crippen MR) is 125 cm³/mol. The summed E-state index contributed by atoms with van der Waals surface area (Å²) in [5, 5.41) is 0. The van der Waals surface area contributed by atoms with Crippen LogP contribution in [-0.2, 0) is 9.47 Å². The summed E-state index contributed by atoms with van der Waals surface area (Å²) in [7, 11) is 3.07. The largest absolute Gasteiger partial charge is 0.481 e. The number of hydrogen-bond acceptors (Lipinski definition) is 7. The highest BCUT2D eigenvalue weighted by Crippen LogP contribution is 2.32. The number of para-hydroxylation sites is 1. The second-order valence-corrected chi connectivity index (χ2v) is 7.57. The van der Waals surface area contributed by atoms with Crippen LogP contribution in [0.15, 0.2) is 30.3 Å². The highest BCUT2D eigenvalue weighted by molar-refractivity contribution is 5.37. The SMILES string of the molecule is CCCCCCOC(OCCCCCC)c1ccccc1Oc1nc(OC)cc(OC)n1. The van der Waals surface area contributed by atoms with E-state index >= 15 is 0 Å². The molecule has 0 saturated carbocycles. The standard InChI is InChI=1S/C25H38N2O5/c1-5-7-9-13-17-30-24(31-18-14-10-8-6-2)20-15-11-12-16-21(20)32-25-26-22(28-3)19-23(27-25)29-4/h11-12,15-16,19,24H,5-10,13-14,17-18H2,1-4H3. The van der Waals surface area contributed by atoms with Gasteiger partial charge in [-0.3, -0.25) is 0 Å². The Balaban J connectivity index is 2.15. The van der Waals surface area contributed by atoms with Crippen LogP contribution in [0.4, 0.5) is 0 Å². The Bertz CT molecular complexity index is 735. The third kappa shape index (κ3) is 9.01. The van der Waals surface area contributed by atoms with Crippen molar-refractivity contribution in [1.29, 1.82) is 0 Å². The summed E-state index contributed by atoms with van der Waals surface area (Å²) in [4.78, 5) is 8.54. The molecular weight excluding hydrogens is 408 g/mol. The molecule has 0 N–H and O–H groups in total. The molecule has 32 heavy (non-hydrogen) atoms. The van der Waals surface area contributed by atoms with E-state index in [2.05, 4.69) is 23.8 Å². The maximum Gasteiger partial charge on any atom is 0.328 e. The van der Waals surface area contributed by atoms with Gasteiger partial charge in [-0.25, -0.2) is 0 Å². The number of unbranched alkanes of at least 4 members (excludes halogenated alkanes) is 6. The highest BCUT2D eigenvalue weighted by Gasteiger charge is 2.19. The van der Waals surface area contributed by atoms with E-state index in [9.17, 15) is 0 Å². The fourth-order valence-corrected chi connectivity index (χ4v) is 3.17. The van der Waals surface area contributed by atoms with Crippen molar-refractivity contribution in [2.45, 2.75) is 71.5 Å². The smallest absolute Gasteiger partial charge is 0.328 e. The average Bonchev–Trinajstić information content (AvgIpc) is 2.82. The first-order valence-electron chi connectivity index (χ1n) is 11.7. The lowest BCUT2D eigenvalue weighted by Gasteiger charge is -2.21. The molecule has 2 rings (SSSR count). The molecule has 0 amide bonds. The number of methoxy groups -OCH3 is 2. The lowest BCUT2D eigenvalue weighted by Crippen LogP contribution is -2.12. The van der Waals surface area contributed by atoms with E-state index in [0.29, 0.717) is 30.7 Å². The van der Waals surface area contributed by atoms with Gasteiger partial charge in [-0.05, 0) is 18.9 Å². The lowest BCUT2D eigenvalue weighted by molar-refractivity contribution is -0.149. The first-order chi connectivity index (χ1) is 15.7. The van der Waals surface area contributed by atoms with E-state index in [4.69, 9.17) is 23.7 Å². The molecule has 1 aromatic heterocycles. The number of hydrogen-bond donors (Lipinski definition) is 0. The minimum absolute atomic E-state index is 0.137. The minimum atomic E-state index is -0.512. The van der Waals surface area contributed by atoms with Gasteiger partial charge in [0.1, 0.15) is 5.75 Å².